The Kier molecular flexibility index (Phi) is 5.69. The molecule has 0 radical (unpaired) electrons. The molecule has 1 heterocycles. The van der Waals surface area contributed by atoms with E-state index in [0.717, 1.165) is 30.6 Å². The molecule has 0 atom stereocenters. The maximum Gasteiger partial charge on any atom is 0.321 e. The highest BCUT2D eigenvalue weighted by Crippen LogP contribution is 2.28. The van der Waals surface area contributed by atoms with E-state index in [1.807, 2.05) is 24.3 Å². The molecule has 0 saturated heterocycles. The summed E-state index contributed by atoms with van der Waals surface area (Å²) in [5.41, 5.74) is 2.25. The van der Waals surface area contributed by atoms with Gasteiger partial charge in [0.15, 0.2) is 5.13 Å². The molecule has 2 amide bonds. The summed E-state index contributed by atoms with van der Waals surface area (Å²) in [7, 11) is 1.66. The minimum Gasteiger partial charge on any atom is -0.496 e. The van der Waals surface area contributed by atoms with E-state index in [1.165, 1.54) is 29.8 Å². The van der Waals surface area contributed by atoms with Gasteiger partial charge in [-0.2, -0.15) is 0 Å². The number of nitrogens with one attached hydrogen (secondary N) is 2. The number of aromatic nitrogens is 1. The van der Waals surface area contributed by atoms with E-state index in [0.29, 0.717) is 11.7 Å². The Bertz CT molecular complexity index is 676. The number of para-hydroxylation sites is 1. The molecule has 6 heteroatoms. The van der Waals surface area contributed by atoms with Crippen molar-refractivity contribution in [1.29, 1.82) is 0 Å². The van der Waals surface area contributed by atoms with Crippen LogP contribution in [0.5, 0.6) is 5.75 Å². The van der Waals surface area contributed by atoms with Crippen LogP contribution in [0.2, 0.25) is 0 Å². The number of anilines is 1. The fourth-order valence-corrected chi connectivity index (χ4v) is 3.99. The highest BCUT2D eigenvalue weighted by molar-refractivity contribution is 7.15. The molecule has 0 spiro atoms. The van der Waals surface area contributed by atoms with Gasteiger partial charge in [-0.05, 0) is 43.7 Å². The molecule has 24 heavy (non-hydrogen) atoms. The molecule has 3 rings (SSSR count). The monoisotopic (exact) mass is 345 g/mol. The van der Waals surface area contributed by atoms with Crippen LogP contribution in [-0.4, -0.2) is 24.7 Å². The first-order valence-electron chi connectivity index (χ1n) is 8.41. The molecule has 2 N–H and O–H groups in total. The Morgan fingerprint density at radius 3 is 2.96 bits per heavy atom. The maximum atomic E-state index is 12.1. The number of amides is 2. The Hall–Kier alpha value is -2.08. The summed E-state index contributed by atoms with van der Waals surface area (Å²) in [5.74, 6) is 0.850. The lowest BCUT2D eigenvalue weighted by Crippen LogP contribution is -2.30. The molecule has 1 aromatic heterocycles. The maximum absolute atomic E-state index is 12.1. The first-order valence-corrected chi connectivity index (χ1v) is 9.23. The SMILES string of the molecule is COc1ccccc1CCNC(=O)Nc1nc2c(s1)CCCCC2. The fraction of sp³-hybridized carbons (Fsp3) is 0.444. The second-order valence-electron chi connectivity index (χ2n) is 5.89. The molecule has 2 aromatic rings. The van der Waals surface area contributed by atoms with Crippen LogP contribution in [0.1, 0.15) is 35.4 Å². The van der Waals surface area contributed by atoms with Gasteiger partial charge in [0.25, 0.3) is 0 Å². The van der Waals surface area contributed by atoms with E-state index in [-0.39, 0.29) is 6.03 Å². The van der Waals surface area contributed by atoms with Gasteiger partial charge < -0.3 is 10.1 Å². The molecule has 0 saturated carbocycles. The Balaban J connectivity index is 1.49. The molecule has 0 aliphatic heterocycles. The molecular weight excluding hydrogens is 322 g/mol. The van der Waals surface area contributed by atoms with Gasteiger partial charge in [0.05, 0.1) is 12.8 Å². The zero-order valence-electron chi connectivity index (χ0n) is 13.9. The lowest BCUT2D eigenvalue weighted by molar-refractivity contribution is 0.252. The molecule has 128 valence electrons. The number of hydrogen-bond acceptors (Lipinski definition) is 4. The van der Waals surface area contributed by atoms with Crippen molar-refractivity contribution >= 4 is 22.5 Å². The largest absolute Gasteiger partial charge is 0.496 e. The average molecular weight is 345 g/mol. The van der Waals surface area contributed by atoms with Gasteiger partial charge in [-0.25, -0.2) is 9.78 Å². The topological polar surface area (TPSA) is 63.2 Å². The van der Waals surface area contributed by atoms with Crippen molar-refractivity contribution in [3.63, 3.8) is 0 Å². The highest BCUT2D eigenvalue weighted by Gasteiger charge is 2.15. The number of aryl methyl sites for hydroxylation is 2. The summed E-state index contributed by atoms with van der Waals surface area (Å²) in [6.45, 7) is 0.553. The number of carbonyl (C=O) groups excluding carboxylic acids is 1. The van der Waals surface area contributed by atoms with Gasteiger partial charge in [0.1, 0.15) is 5.75 Å². The molecule has 1 aliphatic carbocycles. The summed E-state index contributed by atoms with van der Waals surface area (Å²) < 4.78 is 5.32. The Morgan fingerprint density at radius 1 is 1.25 bits per heavy atom. The van der Waals surface area contributed by atoms with E-state index >= 15 is 0 Å². The number of fused-ring (bicyclic) bond motifs is 1. The number of methoxy groups -OCH3 is 1. The lowest BCUT2D eigenvalue weighted by Gasteiger charge is -2.09. The van der Waals surface area contributed by atoms with Gasteiger partial charge in [-0.15, -0.1) is 11.3 Å². The van der Waals surface area contributed by atoms with Gasteiger partial charge in [-0.1, -0.05) is 24.6 Å². The summed E-state index contributed by atoms with van der Waals surface area (Å²) in [6.07, 6.45) is 6.54. The molecule has 1 aromatic carbocycles. The van der Waals surface area contributed by atoms with Crippen LogP contribution < -0.4 is 15.4 Å². The van der Waals surface area contributed by atoms with Crippen LogP contribution in [0, 0.1) is 0 Å². The van der Waals surface area contributed by atoms with Crippen molar-refractivity contribution in [2.75, 3.05) is 19.0 Å². The molecule has 1 aliphatic rings. The predicted octanol–water partition coefficient (Wildman–Crippen LogP) is 3.78. The zero-order chi connectivity index (χ0) is 16.8. The molecule has 5 nitrogen and oxygen atoms in total. The minimum absolute atomic E-state index is 0.200. The van der Waals surface area contributed by atoms with Crippen molar-refractivity contribution in [2.45, 2.75) is 38.5 Å². The zero-order valence-corrected chi connectivity index (χ0v) is 14.7. The van der Waals surface area contributed by atoms with Gasteiger partial charge in [0.2, 0.25) is 0 Å². The van der Waals surface area contributed by atoms with Gasteiger partial charge in [0, 0.05) is 11.4 Å². The van der Waals surface area contributed by atoms with Crippen molar-refractivity contribution in [1.82, 2.24) is 10.3 Å². The van der Waals surface area contributed by atoms with Crippen LogP contribution in [0.4, 0.5) is 9.93 Å². The normalized spacial score (nSPS) is 13.7. The number of urea groups is 1. The van der Waals surface area contributed by atoms with Crippen LogP contribution >= 0.6 is 11.3 Å². The third-order valence-electron chi connectivity index (χ3n) is 4.19. The fourth-order valence-electron chi connectivity index (χ4n) is 2.94. The standard InChI is InChI=1S/C18H23N3O2S/c1-23-15-9-6-5-7-13(15)11-12-19-17(22)21-18-20-14-8-3-2-4-10-16(14)24-18/h5-7,9H,2-4,8,10-12H2,1H3,(H2,19,20,21,22). The Morgan fingerprint density at radius 2 is 2.08 bits per heavy atom. The number of ether oxygens (including phenoxy) is 1. The van der Waals surface area contributed by atoms with Crippen molar-refractivity contribution < 1.29 is 9.53 Å². The second-order valence-corrected chi connectivity index (χ2v) is 6.98. The first kappa shape index (κ1) is 16.8. The number of carbonyl (C=O) groups is 1. The average Bonchev–Trinajstić information content (AvgIpc) is 2.83. The molecule has 0 unspecified atom stereocenters. The van der Waals surface area contributed by atoms with Crippen LogP contribution in [0.15, 0.2) is 24.3 Å². The van der Waals surface area contributed by atoms with Crippen LogP contribution in [0.3, 0.4) is 0 Å². The third kappa shape index (κ3) is 4.26. The van der Waals surface area contributed by atoms with Crippen LogP contribution in [0.25, 0.3) is 0 Å². The number of hydrogen-bond donors (Lipinski definition) is 2. The number of nitrogens with zero attached hydrogens (tertiary/aromatic N) is 1. The van der Waals surface area contributed by atoms with E-state index in [1.54, 1.807) is 18.4 Å². The number of thiazole rings is 1. The first-order chi connectivity index (χ1) is 11.8. The summed E-state index contributed by atoms with van der Waals surface area (Å²) in [4.78, 5) is 18.0. The number of rotatable bonds is 5. The predicted molar refractivity (Wildman–Crippen MR) is 97.1 cm³/mol. The van der Waals surface area contributed by atoms with E-state index in [9.17, 15) is 4.79 Å². The summed E-state index contributed by atoms with van der Waals surface area (Å²) >= 11 is 1.61. The smallest absolute Gasteiger partial charge is 0.321 e. The summed E-state index contributed by atoms with van der Waals surface area (Å²) in [6, 6.07) is 7.65. The van der Waals surface area contributed by atoms with Crippen LogP contribution in [-0.2, 0) is 19.3 Å². The number of benzene rings is 1. The van der Waals surface area contributed by atoms with Gasteiger partial charge >= 0.3 is 6.03 Å². The third-order valence-corrected chi connectivity index (χ3v) is 5.26. The lowest BCUT2D eigenvalue weighted by atomic mass is 10.1. The van der Waals surface area contributed by atoms with Gasteiger partial charge in [-0.3, -0.25) is 5.32 Å². The van der Waals surface area contributed by atoms with Crippen molar-refractivity contribution in [2.24, 2.45) is 0 Å². The minimum atomic E-state index is -0.200. The molecular formula is C18H23N3O2S. The van der Waals surface area contributed by atoms with Crippen molar-refractivity contribution in [3.8, 4) is 5.75 Å². The Labute approximate surface area is 146 Å². The molecule has 0 bridgehead atoms. The van der Waals surface area contributed by atoms with E-state index in [4.69, 9.17) is 4.74 Å². The highest BCUT2D eigenvalue weighted by atomic mass is 32.1. The van der Waals surface area contributed by atoms with E-state index in [2.05, 4.69) is 15.6 Å². The molecule has 0 fully saturated rings. The summed E-state index contributed by atoms with van der Waals surface area (Å²) in [5, 5.41) is 6.45. The quantitative estimate of drug-likeness (QED) is 0.811. The second kappa shape index (κ2) is 8.15. The van der Waals surface area contributed by atoms with Crippen molar-refractivity contribution in [3.05, 3.63) is 40.4 Å². The van der Waals surface area contributed by atoms with E-state index < -0.39 is 0 Å².